The van der Waals surface area contributed by atoms with Gasteiger partial charge in [-0.2, -0.15) is 0 Å². The summed E-state index contributed by atoms with van der Waals surface area (Å²) >= 11 is 0. The number of aromatic nitrogens is 2. The molecular formula is C7H12N4O. The lowest BCUT2D eigenvalue weighted by atomic mass is 10.4. The third-order valence-electron chi connectivity index (χ3n) is 1.29. The van der Waals surface area contributed by atoms with Crippen LogP contribution in [0.2, 0.25) is 0 Å². The Balaban J connectivity index is 2.72. The molecule has 0 spiro atoms. The van der Waals surface area contributed by atoms with Gasteiger partial charge in [-0.1, -0.05) is 0 Å². The van der Waals surface area contributed by atoms with E-state index in [1.54, 1.807) is 0 Å². The van der Waals surface area contributed by atoms with E-state index < -0.39 is 0 Å². The molecule has 0 saturated heterocycles. The van der Waals surface area contributed by atoms with Gasteiger partial charge in [0, 0.05) is 18.4 Å². The summed E-state index contributed by atoms with van der Waals surface area (Å²) in [6, 6.07) is 0.0919. The molecule has 0 unspecified atom stereocenters. The van der Waals surface area contributed by atoms with Gasteiger partial charge in [-0.25, -0.2) is 9.66 Å². The maximum absolute atomic E-state index is 11.3. The lowest BCUT2D eigenvalue weighted by Gasteiger charge is -2.06. The highest BCUT2D eigenvalue weighted by molar-refractivity contribution is 5.90. The molecule has 1 heterocycles. The SMILES string of the molecule is CC(C)NC(=O)c1nccn1N. The summed E-state index contributed by atoms with van der Waals surface area (Å²) in [6.45, 7) is 3.75. The Morgan fingerprint density at radius 2 is 2.42 bits per heavy atom. The predicted molar refractivity (Wildman–Crippen MR) is 45.0 cm³/mol. The Hall–Kier alpha value is -1.52. The molecule has 0 aliphatic carbocycles. The third kappa shape index (κ3) is 1.75. The second kappa shape index (κ2) is 3.25. The number of imidazole rings is 1. The van der Waals surface area contributed by atoms with E-state index in [0.29, 0.717) is 0 Å². The van der Waals surface area contributed by atoms with Crippen LogP contribution in [-0.2, 0) is 0 Å². The van der Waals surface area contributed by atoms with Crippen molar-refractivity contribution in [3.05, 3.63) is 18.2 Å². The van der Waals surface area contributed by atoms with Crippen molar-refractivity contribution in [2.45, 2.75) is 19.9 Å². The summed E-state index contributed by atoms with van der Waals surface area (Å²) in [5.41, 5.74) is 0. The van der Waals surface area contributed by atoms with E-state index in [1.165, 1.54) is 17.1 Å². The number of carbonyl (C=O) groups excluding carboxylic acids is 1. The molecule has 1 aromatic heterocycles. The minimum Gasteiger partial charge on any atom is -0.347 e. The van der Waals surface area contributed by atoms with Crippen LogP contribution in [0.3, 0.4) is 0 Å². The fourth-order valence-corrected chi connectivity index (χ4v) is 0.816. The topological polar surface area (TPSA) is 72.9 Å². The van der Waals surface area contributed by atoms with Crippen LogP contribution < -0.4 is 11.2 Å². The number of rotatable bonds is 2. The van der Waals surface area contributed by atoms with E-state index in [9.17, 15) is 4.79 Å². The first-order chi connectivity index (χ1) is 5.61. The van der Waals surface area contributed by atoms with Crippen LogP contribution in [0.15, 0.2) is 12.4 Å². The summed E-state index contributed by atoms with van der Waals surface area (Å²) in [5, 5.41) is 2.68. The Bertz CT molecular complexity index is 279. The number of amides is 1. The second-order valence-electron chi connectivity index (χ2n) is 2.79. The van der Waals surface area contributed by atoms with Gasteiger partial charge in [0.25, 0.3) is 5.91 Å². The van der Waals surface area contributed by atoms with Gasteiger partial charge in [-0.3, -0.25) is 4.79 Å². The van der Waals surface area contributed by atoms with Crippen LogP contribution in [0.1, 0.15) is 24.5 Å². The highest BCUT2D eigenvalue weighted by Gasteiger charge is 2.11. The van der Waals surface area contributed by atoms with E-state index in [2.05, 4.69) is 10.3 Å². The highest BCUT2D eigenvalue weighted by atomic mass is 16.2. The molecule has 0 saturated carbocycles. The van der Waals surface area contributed by atoms with Crippen molar-refractivity contribution in [3.63, 3.8) is 0 Å². The summed E-state index contributed by atoms with van der Waals surface area (Å²) < 4.78 is 1.19. The first-order valence-corrected chi connectivity index (χ1v) is 3.70. The number of nitrogens with one attached hydrogen (secondary N) is 1. The van der Waals surface area contributed by atoms with Crippen molar-refractivity contribution in [2.24, 2.45) is 0 Å². The van der Waals surface area contributed by atoms with Gasteiger partial charge < -0.3 is 11.2 Å². The predicted octanol–water partition coefficient (Wildman–Crippen LogP) is -0.265. The van der Waals surface area contributed by atoms with Crippen LogP contribution in [0, 0.1) is 0 Å². The number of hydrogen-bond donors (Lipinski definition) is 2. The smallest absolute Gasteiger partial charge is 0.289 e. The second-order valence-corrected chi connectivity index (χ2v) is 2.79. The van der Waals surface area contributed by atoms with E-state index >= 15 is 0 Å². The Morgan fingerprint density at radius 1 is 1.75 bits per heavy atom. The number of hydrogen-bond acceptors (Lipinski definition) is 3. The maximum Gasteiger partial charge on any atom is 0.289 e. The van der Waals surface area contributed by atoms with Crippen molar-refractivity contribution in [2.75, 3.05) is 5.84 Å². The molecule has 0 aromatic carbocycles. The number of nitrogens with two attached hydrogens (primary N) is 1. The summed E-state index contributed by atoms with van der Waals surface area (Å²) in [5.74, 6) is 5.38. The first-order valence-electron chi connectivity index (χ1n) is 3.70. The van der Waals surface area contributed by atoms with E-state index in [4.69, 9.17) is 5.84 Å². The lowest BCUT2D eigenvalue weighted by molar-refractivity contribution is 0.0930. The third-order valence-corrected chi connectivity index (χ3v) is 1.29. The average Bonchev–Trinajstić information content (AvgIpc) is 2.33. The fraction of sp³-hybridized carbons (Fsp3) is 0.429. The van der Waals surface area contributed by atoms with E-state index in [-0.39, 0.29) is 17.8 Å². The largest absolute Gasteiger partial charge is 0.347 e. The molecule has 0 aliphatic heterocycles. The molecule has 3 N–H and O–H groups in total. The van der Waals surface area contributed by atoms with E-state index in [1.807, 2.05) is 13.8 Å². The summed E-state index contributed by atoms with van der Waals surface area (Å²) in [4.78, 5) is 15.1. The quantitative estimate of drug-likeness (QED) is 0.597. The summed E-state index contributed by atoms with van der Waals surface area (Å²) in [6.07, 6.45) is 3.00. The van der Waals surface area contributed by atoms with Crippen LogP contribution >= 0.6 is 0 Å². The normalized spacial score (nSPS) is 10.2. The lowest BCUT2D eigenvalue weighted by Crippen LogP contribution is -2.33. The molecule has 1 amide bonds. The molecule has 12 heavy (non-hydrogen) atoms. The van der Waals surface area contributed by atoms with Gasteiger partial charge in [0.05, 0.1) is 0 Å². The van der Waals surface area contributed by atoms with Crippen molar-refractivity contribution in [1.82, 2.24) is 15.0 Å². The van der Waals surface area contributed by atoms with Gasteiger partial charge in [-0.15, -0.1) is 0 Å². The minimum atomic E-state index is -0.252. The molecule has 0 radical (unpaired) electrons. The molecule has 5 heteroatoms. The monoisotopic (exact) mass is 168 g/mol. The van der Waals surface area contributed by atoms with Gasteiger partial charge in [0.15, 0.2) is 0 Å². The summed E-state index contributed by atoms with van der Waals surface area (Å²) in [7, 11) is 0. The minimum absolute atomic E-state index is 0.0919. The fourth-order valence-electron chi connectivity index (χ4n) is 0.816. The van der Waals surface area contributed by atoms with Crippen molar-refractivity contribution < 1.29 is 4.79 Å². The number of carbonyl (C=O) groups is 1. The van der Waals surface area contributed by atoms with Crippen molar-refractivity contribution in [1.29, 1.82) is 0 Å². The van der Waals surface area contributed by atoms with E-state index in [0.717, 1.165) is 0 Å². The Kier molecular flexibility index (Phi) is 2.32. The molecule has 0 fully saturated rings. The molecule has 1 aromatic rings. The molecular weight excluding hydrogens is 156 g/mol. The zero-order valence-corrected chi connectivity index (χ0v) is 7.11. The van der Waals surface area contributed by atoms with Crippen LogP contribution in [-0.4, -0.2) is 21.6 Å². The van der Waals surface area contributed by atoms with Crippen LogP contribution in [0.5, 0.6) is 0 Å². The number of nitrogen functional groups attached to an aromatic ring is 1. The molecule has 0 atom stereocenters. The zero-order chi connectivity index (χ0) is 9.14. The first kappa shape index (κ1) is 8.58. The molecule has 0 aliphatic rings. The maximum atomic E-state index is 11.3. The van der Waals surface area contributed by atoms with Gasteiger partial charge in [0.2, 0.25) is 5.82 Å². The van der Waals surface area contributed by atoms with Crippen LogP contribution in [0.25, 0.3) is 0 Å². The van der Waals surface area contributed by atoms with Crippen molar-refractivity contribution in [3.8, 4) is 0 Å². The van der Waals surface area contributed by atoms with Gasteiger partial charge in [0.1, 0.15) is 0 Å². The van der Waals surface area contributed by atoms with Gasteiger partial charge in [-0.05, 0) is 13.8 Å². The molecule has 1 rings (SSSR count). The van der Waals surface area contributed by atoms with Crippen LogP contribution in [0.4, 0.5) is 0 Å². The standard InChI is InChI=1S/C7H12N4O/c1-5(2)10-7(12)6-9-3-4-11(6)8/h3-5H,8H2,1-2H3,(H,10,12). The van der Waals surface area contributed by atoms with Crippen molar-refractivity contribution >= 4 is 5.91 Å². The average molecular weight is 168 g/mol. The Morgan fingerprint density at radius 3 is 2.83 bits per heavy atom. The molecule has 66 valence electrons. The number of nitrogens with zero attached hydrogens (tertiary/aromatic N) is 2. The zero-order valence-electron chi connectivity index (χ0n) is 7.11. The Labute approximate surface area is 70.6 Å². The molecule has 0 bridgehead atoms. The molecule has 5 nitrogen and oxygen atoms in total. The highest BCUT2D eigenvalue weighted by Crippen LogP contribution is 1.92. The van der Waals surface area contributed by atoms with Gasteiger partial charge >= 0.3 is 0 Å².